The van der Waals surface area contributed by atoms with E-state index in [1.165, 1.54) is 18.4 Å². The van der Waals surface area contributed by atoms with Gasteiger partial charge in [-0.1, -0.05) is 0 Å². The van der Waals surface area contributed by atoms with Crippen LogP contribution in [-0.4, -0.2) is 42.8 Å². The maximum absolute atomic E-state index is 11.8. The Balaban J connectivity index is 2.26. The van der Waals surface area contributed by atoms with Crippen molar-refractivity contribution in [3.05, 3.63) is 22.2 Å². The van der Waals surface area contributed by atoms with Crippen molar-refractivity contribution in [3.63, 3.8) is 0 Å². The molecule has 2 aromatic rings. The molecule has 120 valence electrons. The van der Waals surface area contributed by atoms with E-state index in [-0.39, 0.29) is 12.0 Å². The number of ether oxygens (including phenoxy) is 2. The fraction of sp³-hybridized carbons (Fsp3) is 0.467. The Morgan fingerprint density at radius 3 is 2.82 bits per heavy atom. The van der Waals surface area contributed by atoms with Crippen LogP contribution in [0.3, 0.4) is 0 Å². The second-order valence-electron chi connectivity index (χ2n) is 5.16. The van der Waals surface area contributed by atoms with Crippen molar-refractivity contribution < 1.29 is 14.3 Å². The summed E-state index contributed by atoms with van der Waals surface area (Å²) in [5.74, 6) is -0.334. The molecule has 2 aromatic heterocycles. The van der Waals surface area contributed by atoms with Gasteiger partial charge in [-0.3, -0.25) is 0 Å². The van der Waals surface area contributed by atoms with Crippen LogP contribution in [0.1, 0.15) is 28.5 Å². The van der Waals surface area contributed by atoms with Gasteiger partial charge >= 0.3 is 5.97 Å². The Kier molecular flexibility index (Phi) is 5.20. The summed E-state index contributed by atoms with van der Waals surface area (Å²) >= 11 is 1.52. The standard InChI is InChI=1S/C15H21N3O3S/c1-8(6-20-4)16-15-18-11(7-22-15)13-9(2)12(10(3)17-13)14(19)21-5/h7-8,17H,6H2,1-5H3,(H,16,18)/t8-/m0/s1. The number of hydrogen-bond donors (Lipinski definition) is 2. The number of carbonyl (C=O) groups is 1. The zero-order valence-electron chi connectivity index (χ0n) is 13.4. The summed E-state index contributed by atoms with van der Waals surface area (Å²) in [7, 11) is 3.06. The van der Waals surface area contributed by atoms with Crippen LogP contribution in [0, 0.1) is 13.8 Å². The van der Waals surface area contributed by atoms with Crippen molar-refractivity contribution in [2.75, 3.05) is 26.1 Å². The summed E-state index contributed by atoms with van der Waals surface area (Å²) in [6.45, 7) is 6.39. The lowest BCUT2D eigenvalue weighted by Gasteiger charge is -2.10. The number of carbonyl (C=O) groups excluding carboxylic acids is 1. The molecule has 0 aliphatic heterocycles. The minimum absolute atomic E-state index is 0.182. The quantitative estimate of drug-likeness (QED) is 0.799. The molecule has 0 aliphatic rings. The van der Waals surface area contributed by atoms with Gasteiger partial charge in [0.2, 0.25) is 0 Å². The number of methoxy groups -OCH3 is 2. The number of esters is 1. The summed E-state index contributed by atoms with van der Waals surface area (Å²) in [4.78, 5) is 19.6. The Bertz CT molecular complexity index is 663. The first-order valence-corrected chi connectivity index (χ1v) is 7.84. The third-order valence-corrected chi connectivity index (χ3v) is 4.15. The number of nitrogens with one attached hydrogen (secondary N) is 2. The second kappa shape index (κ2) is 6.93. The minimum atomic E-state index is -0.334. The van der Waals surface area contributed by atoms with Gasteiger partial charge in [-0.25, -0.2) is 9.78 Å². The number of aromatic amines is 1. The molecule has 2 N–H and O–H groups in total. The minimum Gasteiger partial charge on any atom is -0.465 e. The lowest BCUT2D eigenvalue weighted by molar-refractivity contribution is 0.0599. The molecule has 7 heteroatoms. The number of H-pyrrole nitrogens is 1. The van der Waals surface area contributed by atoms with Crippen LogP contribution in [0.5, 0.6) is 0 Å². The normalized spacial score (nSPS) is 12.2. The van der Waals surface area contributed by atoms with Gasteiger partial charge in [0.15, 0.2) is 5.13 Å². The van der Waals surface area contributed by atoms with Gasteiger partial charge < -0.3 is 19.8 Å². The van der Waals surface area contributed by atoms with Crippen molar-refractivity contribution in [1.82, 2.24) is 9.97 Å². The van der Waals surface area contributed by atoms with Gasteiger partial charge in [0.1, 0.15) is 5.69 Å². The highest BCUT2D eigenvalue weighted by molar-refractivity contribution is 7.14. The van der Waals surface area contributed by atoms with Crippen molar-refractivity contribution in [2.45, 2.75) is 26.8 Å². The lowest BCUT2D eigenvalue weighted by atomic mass is 10.1. The van der Waals surface area contributed by atoms with Gasteiger partial charge in [0, 0.05) is 24.2 Å². The first kappa shape index (κ1) is 16.5. The van der Waals surface area contributed by atoms with Crippen LogP contribution in [0.15, 0.2) is 5.38 Å². The Hall–Kier alpha value is -1.86. The monoisotopic (exact) mass is 323 g/mol. The maximum atomic E-state index is 11.8. The number of anilines is 1. The summed E-state index contributed by atoms with van der Waals surface area (Å²) in [6, 6.07) is 0.182. The molecule has 2 rings (SSSR count). The molecule has 0 saturated carbocycles. The molecular weight excluding hydrogens is 302 g/mol. The molecular formula is C15H21N3O3S. The van der Waals surface area contributed by atoms with Crippen LogP contribution in [0.4, 0.5) is 5.13 Å². The molecule has 6 nitrogen and oxygen atoms in total. The van der Waals surface area contributed by atoms with Crippen molar-refractivity contribution in [3.8, 4) is 11.4 Å². The van der Waals surface area contributed by atoms with E-state index in [9.17, 15) is 4.79 Å². The highest BCUT2D eigenvalue weighted by atomic mass is 32.1. The number of thiazole rings is 1. The summed E-state index contributed by atoms with van der Waals surface area (Å²) in [5, 5.41) is 6.07. The van der Waals surface area contributed by atoms with E-state index < -0.39 is 0 Å². The molecule has 0 radical (unpaired) electrons. The van der Waals surface area contributed by atoms with Crippen molar-refractivity contribution in [1.29, 1.82) is 0 Å². The van der Waals surface area contributed by atoms with E-state index >= 15 is 0 Å². The van der Waals surface area contributed by atoms with Gasteiger partial charge in [-0.2, -0.15) is 0 Å². The highest BCUT2D eigenvalue weighted by Crippen LogP contribution is 2.30. The molecule has 0 aliphatic carbocycles. The van der Waals surface area contributed by atoms with E-state index in [2.05, 4.69) is 15.3 Å². The molecule has 22 heavy (non-hydrogen) atoms. The average Bonchev–Trinajstić information content (AvgIpc) is 3.03. The first-order valence-electron chi connectivity index (χ1n) is 6.96. The molecule has 2 heterocycles. The van der Waals surface area contributed by atoms with Crippen molar-refractivity contribution in [2.24, 2.45) is 0 Å². The first-order chi connectivity index (χ1) is 10.5. The molecule has 0 spiro atoms. The SMILES string of the molecule is COC[C@H](C)Nc1nc(-c2[nH]c(C)c(C(=O)OC)c2C)cs1. The molecule has 1 atom stereocenters. The zero-order valence-corrected chi connectivity index (χ0v) is 14.3. The number of aryl methyl sites for hydroxylation is 1. The van der Waals surface area contributed by atoms with Gasteiger partial charge in [-0.15, -0.1) is 11.3 Å². The average molecular weight is 323 g/mol. The van der Waals surface area contributed by atoms with Crippen molar-refractivity contribution >= 4 is 22.4 Å². The van der Waals surface area contributed by atoms with Crippen LogP contribution < -0.4 is 5.32 Å². The molecule has 0 unspecified atom stereocenters. The number of rotatable bonds is 6. The number of hydrogen-bond acceptors (Lipinski definition) is 6. The van der Waals surface area contributed by atoms with Gasteiger partial charge in [-0.05, 0) is 26.3 Å². The number of aromatic nitrogens is 2. The summed E-state index contributed by atoms with van der Waals surface area (Å²) in [5.41, 5.74) is 3.88. The highest BCUT2D eigenvalue weighted by Gasteiger charge is 2.21. The van der Waals surface area contributed by atoms with E-state index in [4.69, 9.17) is 9.47 Å². The predicted octanol–water partition coefficient (Wildman–Crippen LogP) is 2.99. The molecule has 0 aromatic carbocycles. The van der Waals surface area contributed by atoms with E-state index in [0.717, 1.165) is 27.8 Å². The predicted molar refractivity (Wildman–Crippen MR) is 87.7 cm³/mol. The largest absolute Gasteiger partial charge is 0.465 e. The van der Waals surface area contributed by atoms with Crippen LogP contribution in [0.2, 0.25) is 0 Å². The van der Waals surface area contributed by atoms with Crippen LogP contribution in [0.25, 0.3) is 11.4 Å². The summed E-state index contributed by atoms with van der Waals surface area (Å²) < 4.78 is 9.93. The topological polar surface area (TPSA) is 76.2 Å². The Morgan fingerprint density at radius 2 is 2.18 bits per heavy atom. The smallest absolute Gasteiger partial charge is 0.339 e. The fourth-order valence-electron chi connectivity index (χ4n) is 2.37. The van der Waals surface area contributed by atoms with E-state index in [0.29, 0.717) is 12.2 Å². The molecule has 0 amide bonds. The van der Waals surface area contributed by atoms with E-state index in [1.54, 1.807) is 7.11 Å². The van der Waals surface area contributed by atoms with Gasteiger partial charge in [0.05, 0.1) is 25.0 Å². The zero-order chi connectivity index (χ0) is 16.3. The third-order valence-electron chi connectivity index (χ3n) is 3.37. The fourth-order valence-corrected chi connectivity index (χ4v) is 3.19. The second-order valence-corrected chi connectivity index (χ2v) is 6.01. The Morgan fingerprint density at radius 1 is 1.45 bits per heavy atom. The molecule has 0 saturated heterocycles. The molecule has 0 fully saturated rings. The Labute approximate surface area is 133 Å². The van der Waals surface area contributed by atoms with Crippen LogP contribution >= 0.6 is 11.3 Å². The van der Waals surface area contributed by atoms with Gasteiger partial charge in [0.25, 0.3) is 0 Å². The third kappa shape index (κ3) is 3.31. The van der Waals surface area contributed by atoms with Crippen LogP contribution in [-0.2, 0) is 9.47 Å². The summed E-state index contributed by atoms with van der Waals surface area (Å²) in [6.07, 6.45) is 0. The lowest BCUT2D eigenvalue weighted by Crippen LogP contribution is -2.20. The molecule has 0 bridgehead atoms. The maximum Gasteiger partial charge on any atom is 0.339 e. The van der Waals surface area contributed by atoms with E-state index in [1.807, 2.05) is 26.2 Å². The number of nitrogens with zero attached hydrogens (tertiary/aromatic N) is 1.